The molecule has 0 aliphatic carbocycles. The van der Waals surface area contributed by atoms with E-state index >= 15 is 0 Å². The summed E-state index contributed by atoms with van der Waals surface area (Å²) in [7, 11) is 5.61. The van der Waals surface area contributed by atoms with Gasteiger partial charge in [-0.1, -0.05) is 12.1 Å². The number of fused-ring (bicyclic) bond motifs is 1. The standard InChI is InChI=1S/C32H32FN9O/c1-21-13-22(5-7-27(21)33)31(38(2)3)32(43)41-11-9-40(10-12-41)29-8-6-23(17-35-29)28-14-24(25-18-37-39(4)20-25)15-30-36-19-26(16-34)42(28)30/h5-8,13-15,17-20,31H,9-12H2,1-4H3. The highest BCUT2D eigenvalue weighted by Gasteiger charge is 2.31. The molecule has 1 amide bonds. The number of pyridine rings is 2. The largest absolute Gasteiger partial charge is 0.353 e. The van der Waals surface area contributed by atoms with Crippen LogP contribution in [-0.4, -0.2) is 80.1 Å². The van der Waals surface area contributed by atoms with E-state index in [2.05, 4.69) is 21.1 Å². The quantitative estimate of drug-likeness (QED) is 0.300. The van der Waals surface area contributed by atoms with Crippen molar-refractivity contribution in [2.24, 2.45) is 7.05 Å². The number of nitrogens with zero attached hydrogens (tertiary/aromatic N) is 9. The van der Waals surface area contributed by atoms with E-state index < -0.39 is 6.04 Å². The molecule has 0 saturated carbocycles. The number of anilines is 1. The first-order valence-electron chi connectivity index (χ1n) is 14.1. The summed E-state index contributed by atoms with van der Waals surface area (Å²) in [4.78, 5) is 28.7. The molecule has 1 saturated heterocycles. The molecule has 5 aromatic rings. The van der Waals surface area contributed by atoms with E-state index in [0.29, 0.717) is 43.1 Å². The van der Waals surface area contributed by atoms with Gasteiger partial charge in [-0.15, -0.1) is 0 Å². The maximum Gasteiger partial charge on any atom is 0.244 e. The first-order valence-corrected chi connectivity index (χ1v) is 14.1. The Morgan fingerprint density at radius 2 is 1.77 bits per heavy atom. The number of carbonyl (C=O) groups excluding carboxylic acids is 1. The van der Waals surface area contributed by atoms with Gasteiger partial charge in [-0.25, -0.2) is 14.4 Å². The molecule has 6 rings (SSSR count). The lowest BCUT2D eigenvalue weighted by atomic mass is 10.0. The van der Waals surface area contributed by atoms with Crippen LogP contribution in [0, 0.1) is 24.1 Å². The average Bonchev–Trinajstić information content (AvgIpc) is 3.64. The average molecular weight is 578 g/mol. The molecule has 1 aliphatic heterocycles. The lowest BCUT2D eigenvalue weighted by Crippen LogP contribution is -2.51. The summed E-state index contributed by atoms with van der Waals surface area (Å²) in [6.07, 6.45) is 7.13. The van der Waals surface area contributed by atoms with Crippen LogP contribution in [0.3, 0.4) is 0 Å². The summed E-state index contributed by atoms with van der Waals surface area (Å²) in [6, 6.07) is 14.6. The third-order valence-electron chi connectivity index (χ3n) is 7.97. The summed E-state index contributed by atoms with van der Waals surface area (Å²) in [5.41, 5.74) is 5.99. The van der Waals surface area contributed by atoms with Crippen molar-refractivity contribution in [1.29, 1.82) is 5.26 Å². The van der Waals surface area contributed by atoms with Crippen LogP contribution in [0.2, 0.25) is 0 Å². The third-order valence-corrected chi connectivity index (χ3v) is 7.97. The van der Waals surface area contributed by atoms with E-state index in [1.165, 1.54) is 6.07 Å². The minimum Gasteiger partial charge on any atom is -0.353 e. The van der Waals surface area contributed by atoms with E-state index in [4.69, 9.17) is 4.98 Å². The first-order chi connectivity index (χ1) is 20.7. The number of rotatable bonds is 6. The van der Waals surface area contributed by atoms with Gasteiger partial charge in [0.1, 0.15) is 35.1 Å². The van der Waals surface area contributed by atoms with E-state index in [-0.39, 0.29) is 11.7 Å². The number of imidazole rings is 1. The smallest absolute Gasteiger partial charge is 0.244 e. The summed E-state index contributed by atoms with van der Waals surface area (Å²) >= 11 is 0. The molecule has 218 valence electrons. The van der Waals surface area contributed by atoms with E-state index in [1.807, 2.05) is 72.0 Å². The lowest BCUT2D eigenvalue weighted by molar-refractivity contribution is -0.136. The van der Waals surface area contributed by atoms with Crippen LogP contribution >= 0.6 is 0 Å². The van der Waals surface area contributed by atoms with Crippen molar-refractivity contribution in [2.75, 3.05) is 45.2 Å². The molecule has 1 unspecified atom stereocenters. The summed E-state index contributed by atoms with van der Waals surface area (Å²) in [6.45, 7) is 4.11. The van der Waals surface area contributed by atoms with Gasteiger partial charge < -0.3 is 9.80 Å². The molecule has 43 heavy (non-hydrogen) atoms. The fraction of sp³-hybridized carbons (Fsp3) is 0.281. The zero-order valence-corrected chi connectivity index (χ0v) is 24.6. The van der Waals surface area contributed by atoms with E-state index in [0.717, 1.165) is 33.8 Å². The fourth-order valence-corrected chi connectivity index (χ4v) is 5.70. The summed E-state index contributed by atoms with van der Waals surface area (Å²) < 4.78 is 17.5. The van der Waals surface area contributed by atoms with Gasteiger partial charge in [0.2, 0.25) is 5.91 Å². The number of piperazine rings is 1. The van der Waals surface area contributed by atoms with Crippen LogP contribution in [0.4, 0.5) is 10.2 Å². The molecule has 1 atom stereocenters. The normalized spacial score (nSPS) is 14.3. The highest BCUT2D eigenvalue weighted by molar-refractivity contribution is 5.83. The molecule has 0 radical (unpaired) electrons. The number of hydrogen-bond donors (Lipinski definition) is 0. The van der Waals surface area contributed by atoms with Crippen LogP contribution in [0.5, 0.6) is 0 Å². The number of aryl methyl sites for hydroxylation is 2. The Balaban J connectivity index is 1.21. The number of amides is 1. The molecular weight excluding hydrogens is 545 g/mol. The van der Waals surface area contributed by atoms with Gasteiger partial charge in [0.15, 0.2) is 0 Å². The second-order valence-corrected chi connectivity index (χ2v) is 11.1. The number of halogens is 1. The number of nitriles is 1. The van der Waals surface area contributed by atoms with Gasteiger partial charge in [0.25, 0.3) is 0 Å². The van der Waals surface area contributed by atoms with Crippen molar-refractivity contribution >= 4 is 17.4 Å². The third kappa shape index (κ3) is 5.33. The van der Waals surface area contributed by atoms with Gasteiger partial charge in [-0.05, 0) is 68.0 Å². The van der Waals surface area contributed by atoms with Crippen molar-refractivity contribution < 1.29 is 9.18 Å². The Hall–Kier alpha value is -5.08. The Kier molecular flexibility index (Phi) is 7.38. The maximum atomic E-state index is 13.9. The highest BCUT2D eigenvalue weighted by Crippen LogP contribution is 2.30. The van der Waals surface area contributed by atoms with Crippen molar-refractivity contribution in [2.45, 2.75) is 13.0 Å². The minimum atomic E-state index is -0.482. The molecule has 0 spiro atoms. The van der Waals surface area contributed by atoms with Gasteiger partial charge in [-0.2, -0.15) is 10.4 Å². The lowest BCUT2D eigenvalue weighted by Gasteiger charge is -2.38. The molecule has 0 N–H and O–H groups in total. The SMILES string of the molecule is Cc1cc(C(C(=O)N2CCN(c3ccc(-c4cc(-c5cnn(C)c5)cc5ncc(C#N)n45)cn3)CC2)N(C)C)ccc1F. The van der Waals surface area contributed by atoms with Crippen LogP contribution in [-0.2, 0) is 11.8 Å². The van der Waals surface area contributed by atoms with Gasteiger partial charge in [0.05, 0.1) is 18.1 Å². The zero-order chi connectivity index (χ0) is 30.2. The Labute approximate surface area is 249 Å². The van der Waals surface area contributed by atoms with Crippen molar-refractivity contribution in [3.8, 4) is 28.5 Å². The molecule has 4 aromatic heterocycles. The Morgan fingerprint density at radius 1 is 0.977 bits per heavy atom. The Bertz CT molecular complexity index is 1840. The van der Waals surface area contributed by atoms with Gasteiger partial charge >= 0.3 is 0 Å². The zero-order valence-electron chi connectivity index (χ0n) is 24.6. The molecule has 5 heterocycles. The predicted molar refractivity (Wildman–Crippen MR) is 162 cm³/mol. The second kappa shape index (κ2) is 11.3. The van der Waals surface area contributed by atoms with Crippen LogP contribution in [0.25, 0.3) is 28.0 Å². The monoisotopic (exact) mass is 577 g/mol. The number of likely N-dealkylation sites (N-methyl/N-ethyl adjacent to an activating group) is 1. The molecular formula is C32H32FN9O. The number of hydrogen-bond acceptors (Lipinski definition) is 7. The van der Waals surface area contributed by atoms with Gasteiger partial charge in [-0.3, -0.25) is 18.8 Å². The first kappa shape index (κ1) is 28.1. The highest BCUT2D eigenvalue weighted by atomic mass is 19.1. The van der Waals surface area contributed by atoms with Crippen molar-refractivity contribution in [3.63, 3.8) is 0 Å². The van der Waals surface area contributed by atoms with Crippen molar-refractivity contribution in [3.05, 3.63) is 89.9 Å². The maximum absolute atomic E-state index is 13.9. The van der Waals surface area contributed by atoms with Crippen molar-refractivity contribution in [1.82, 2.24) is 33.9 Å². The van der Waals surface area contributed by atoms with Crippen LogP contribution in [0.15, 0.2) is 67.3 Å². The number of carbonyl (C=O) groups is 1. The second-order valence-electron chi connectivity index (χ2n) is 11.1. The molecule has 1 aromatic carbocycles. The minimum absolute atomic E-state index is 0.00473. The number of benzene rings is 1. The topological polar surface area (TPSA) is 98.6 Å². The summed E-state index contributed by atoms with van der Waals surface area (Å²) in [5.74, 6) is 0.548. The van der Waals surface area contributed by atoms with E-state index in [9.17, 15) is 14.4 Å². The molecule has 0 bridgehead atoms. The molecule has 1 fully saturated rings. The van der Waals surface area contributed by atoms with Crippen LogP contribution < -0.4 is 4.90 Å². The molecule has 10 nitrogen and oxygen atoms in total. The van der Waals surface area contributed by atoms with E-state index in [1.54, 1.807) is 36.1 Å². The summed E-state index contributed by atoms with van der Waals surface area (Å²) in [5, 5.41) is 14.0. The predicted octanol–water partition coefficient (Wildman–Crippen LogP) is 4.07. The number of aromatic nitrogens is 5. The van der Waals surface area contributed by atoms with Crippen LogP contribution in [0.1, 0.15) is 22.9 Å². The molecule has 11 heteroatoms. The molecule has 1 aliphatic rings. The fourth-order valence-electron chi connectivity index (χ4n) is 5.70. The Morgan fingerprint density at radius 3 is 2.40 bits per heavy atom. The van der Waals surface area contributed by atoms with Gasteiger partial charge in [0, 0.05) is 56.7 Å².